The number of ether oxygens (including phenoxy) is 2. The van der Waals surface area contributed by atoms with E-state index >= 15 is 0 Å². The standard InChI is InChI=1S/C9H16BrNO4/c1-4(12)11-6-8(14-2)5(10)7(13)9(6)15-3/h5-9,13H,1-3H3,(H,11,12)/t5-,6+,7-,8-,9-/m1/s1. The van der Waals surface area contributed by atoms with E-state index in [1.807, 2.05) is 0 Å². The van der Waals surface area contributed by atoms with Crippen molar-refractivity contribution in [2.24, 2.45) is 0 Å². The molecule has 1 rings (SSSR count). The van der Waals surface area contributed by atoms with E-state index in [-0.39, 0.29) is 22.9 Å². The number of hydrogen-bond acceptors (Lipinski definition) is 4. The molecule has 2 N–H and O–H groups in total. The molecule has 1 fully saturated rings. The fourth-order valence-corrected chi connectivity index (χ4v) is 2.78. The third-order valence-corrected chi connectivity index (χ3v) is 3.66. The van der Waals surface area contributed by atoms with Gasteiger partial charge in [0.1, 0.15) is 6.10 Å². The number of carbonyl (C=O) groups is 1. The maximum Gasteiger partial charge on any atom is 0.217 e. The van der Waals surface area contributed by atoms with Crippen LogP contribution in [-0.4, -0.2) is 54.4 Å². The Balaban J connectivity index is 2.82. The minimum Gasteiger partial charge on any atom is -0.389 e. The molecule has 0 bridgehead atoms. The van der Waals surface area contributed by atoms with E-state index < -0.39 is 12.2 Å². The summed E-state index contributed by atoms with van der Waals surface area (Å²) >= 11 is 3.34. The highest BCUT2D eigenvalue weighted by Gasteiger charge is 2.50. The van der Waals surface area contributed by atoms with Gasteiger partial charge in [-0.1, -0.05) is 15.9 Å². The van der Waals surface area contributed by atoms with Gasteiger partial charge in [-0.15, -0.1) is 0 Å². The van der Waals surface area contributed by atoms with Gasteiger partial charge in [-0.2, -0.15) is 0 Å². The number of rotatable bonds is 3. The Morgan fingerprint density at radius 2 is 1.87 bits per heavy atom. The van der Waals surface area contributed by atoms with Crippen molar-refractivity contribution in [3.05, 3.63) is 0 Å². The van der Waals surface area contributed by atoms with Gasteiger partial charge < -0.3 is 19.9 Å². The van der Waals surface area contributed by atoms with E-state index in [0.29, 0.717) is 0 Å². The summed E-state index contributed by atoms with van der Waals surface area (Å²) in [5, 5.41) is 12.6. The lowest BCUT2D eigenvalue weighted by Gasteiger charge is -2.24. The molecular weight excluding hydrogens is 266 g/mol. The summed E-state index contributed by atoms with van der Waals surface area (Å²) in [5.74, 6) is -0.169. The maximum atomic E-state index is 11.0. The van der Waals surface area contributed by atoms with Gasteiger partial charge in [0.2, 0.25) is 5.91 Å². The van der Waals surface area contributed by atoms with Crippen LogP contribution >= 0.6 is 15.9 Å². The molecule has 0 unspecified atom stereocenters. The molecule has 0 aromatic rings. The predicted octanol–water partition coefficient (Wildman–Crippen LogP) is -0.341. The number of alkyl halides is 1. The van der Waals surface area contributed by atoms with Crippen LogP contribution in [0.4, 0.5) is 0 Å². The van der Waals surface area contributed by atoms with Crippen molar-refractivity contribution in [2.75, 3.05) is 14.2 Å². The normalized spacial score (nSPS) is 40.5. The zero-order valence-electron chi connectivity index (χ0n) is 8.94. The second-order valence-corrected chi connectivity index (χ2v) is 4.62. The molecule has 0 saturated heterocycles. The van der Waals surface area contributed by atoms with Crippen LogP contribution in [0.15, 0.2) is 0 Å². The molecule has 0 aliphatic heterocycles. The van der Waals surface area contributed by atoms with Crippen LogP contribution in [0.3, 0.4) is 0 Å². The highest BCUT2D eigenvalue weighted by molar-refractivity contribution is 9.09. The molecule has 0 radical (unpaired) electrons. The number of carbonyl (C=O) groups excluding carboxylic acids is 1. The summed E-state index contributed by atoms with van der Waals surface area (Å²) in [6.45, 7) is 1.42. The van der Waals surface area contributed by atoms with Gasteiger partial charge >= 0.3 is 0 Å². The molecule has 88 valence electrons. The number of nitrogens with one attached hydrogen (secondary N) is 1. The van der Waals surface area contributed by atoms with Crippen molar-refractivity contribution in [1.29, 1.82) is 0 Å². The number of hydrogen-bond donors (Lipinski definition) is 2. The van der Waals surface area contributed by atoms with Crippen LogP contribution in [0.2, 0.25) is 0 Å². The first-order valence-electron chi connectivity index (χ1n) is 4.67. The van der Waals surface area contributed by atoms with E-state index in [1.165, 1.54) is 14.0 Å². The van der Waals surface area contributed by atoms with Crippen LogP contribution in [-0.2, 0) is 14.3 Å². The van der Waals surface area contributed by atoms with Crippen LogP contribution in [0, 0.1) is 0 Å². The van der Waals surface area contributed by atoms with Crippen molar-refractivity contribution in [3.63, 3.8) is 0 Å². The zero-order chi connectivity index (χ0) is 11.6. The molecule has 15 heavy (non-hydrogen) atoms. The van der Waals surface area contributed by atoms with Crippen molar-refractivity contribution in [3.8, 4) is 0 Å². The number of aliphatic hydroxyl groups excluding tert-OH is 1. The molecule has 1 saturated carbocycles. The second kappa shape index (κ2) is 5.25. The van der Waals surface area contributed by atoms with Gasteiger partial charge in [0.25, 0.3) is 0 Å². The summed E-state index contributed by atoms with van der Waals surface area (Å²) in [6.07, 6.45) is -1.45. The summed E-state index contributed by atoms with van der Waals surface area (Å²) < 4.78 is 10.4. The Hall–Kier alpha value is -0.170. The summed E-state index contributed by atoms with van der Waals surface area (Å²) in [4.78, 5) is 10.8. The lowest BCUT2D eigenvalue weighted by molar-refractivity contribution is -0.121. The van der Waals surface area contributed by atoms with Gasteiger partial charge in [0, 0.05) is 21.1 Å². The Bertz CT molecular complexity index is 222. The molecular formula is C9H16BrNO4. The van der Waals surface area contributed by atoms with Gasteiger partial charge in [0.15, 0.2) is 0 Å². The minimum atomic E-state index is -0.697. The van der Waals surface area contributed by atoms with E-state index in [1.54, 1.807) is 7.11 Å². The van der Waals surface area contributed by atoms with E-state index in [4.69, 9.17) is 9.47 Å². The summed E-state index contributed by atoms with van der Waals surface area (Å²) in [7, 11) is 3.04. The summed E-state index contributed by atoms with van der Waals surface area (Å²) in [6, 6.07) is -0.336. The molecule has 0 spiro atoms. The first kappa shape index (κ1) is 12.9. The molecule has 5 nitrogen and oxygen atoms in total. The van der Waals surface area contributed by atoms with Crippen LogP contribution < -0.4 is 5.32 Å². The summed E-state index contributed by atoms with van der Waals surface area (Å²) in [5.41, 5.74) is 0. The van der Waals surface area contributed by atoms with Crippen LogP contribution in [0.1, 0.15) is 6.92 Å². The largest absolute Gasteiger partial charge is 0.389 e. The molecule has 1 amide bonds. The van der Waals surface area contributed by atoms with Crippen molar-refractivity contribution in [1.82, 2.24) is 5.32 Å². The fourth-order valence-electron chi connectivity index (χ4n) is 1.93. The van der Waals surface area contributed by atoms with Gasteiger partial charge in [0.05, 0.1) is 23.1 Å². The lowest BCUT2D eigenvalue weighted by Crippen LogP contribution is -2.48. The van der Waals surface area contributed by atoms with E-state index in [0.717, 1.165) is 0 Å². The quantitative estimate of drug-likeness (QED) is 0.695. The second-order valence-electron chi connectivity index (χ2n) is 3.56. The van der Waals surface area contributed by atoms with Gasteiger partial charge in [-0.3, -0.25) is 4.79 Å². The van der Waals surface area contributed by atoms with Crippen molar-refractivity contribution >= 4 is 21.8 Å². The lowest BCUT2D eigenvalue weighted by atomic mass is 10.2. The fraction of sp³-hybridized carbons (Fsp3) is 0.889. The highest BCUT2D eigenvalue weighted by Crippen LogP contribution is 2.31. The Morgan fingerprint density at radius 3 is 2.27 bits per heavy atom. The first-order valence-corrected chi connectivity index (χ1v) is 5.59. The molecule has 6 heteroatoms. The molecule has 0 heterocycles. The molecule has 0 aromatic carbocycles. The number of amides is 1. The third kappa shape index (κ3) is 2.50. The average molecular weight is 282 g/mol. The van der Waals surface area contributed by atoms with Gasteiger partial charge in [-0.05, 0) is 0 Å². The molecule has 1 aliphatic rings. The average Bonchev–Trinajstić information content (AvgIpc) is 2.38. The monoisotopic (exact) mass is 281 g/mol. The number of methoxy groups -OCH3 is 2. The Morgan fingerprint density at radius 1 is 1.33 bits per heavy atom. The predicted molar refractivity (Wildman–Crippen MR) is 57.9 cm³/mol. The maximum absolute atomic E-state index is 11.0. The van der Waals surface area contributed by atoms with Crippen LogP contribution in [0.5, 0.6) is 0 Å². The molecule has 0 aromatic heterocycles. The Labute approximate surface area is 97.3 Å². The number of aliphatic hydroxyl groups is 1. The SMILES string of the molecule is CO[C@@H]1[C@H](Br)[C@@H](O)[C@H](OC)[C@H]1NC(C)=O. The topological polar surface area (TPSA) is 67.8 Å². The molecule has 5 atom stereocenters. The Kier molecular flexibility index (Phi) is 4.51. The van der Waals surface area contributed by atoms with Crippen LogP contribution in [0.25, 0.3) is 0 Å². The smallest absolute Gasteiger partial charge is 0.217 e. The first-order chi connectivity index (χ1) is 7.02. The number of halogens is 1. The third-order valence-electron chi connectivity index (χ3n) is 2.60. The van der Waals surface area contributed by atoms with E-state index in [9.17, 15) is 9.90 Å². The molecule has 1 aliphatic carbocycles. The van der Waals surface area contributed by atoms with Crippen molar-refractivity contribution < 1.29 is 19.4 Å². The highest BCUT2D eigenvalue weighted by atomic mass is 79.9. The minimum absolute atomic E-state index is 0.169. The van der Waals surface area contributed by atoms with Gasteiger partial charge in [-0.25, -0.2) is 0 Å². The van der Waals surface area contributed by atoms with Crippen molar-refractivity contribution in [2.45, 2.75) is 36.1 Å². The van der Waals surface area contributed by atoms with E-state index in [2.05, 4.69) is 21.2 Å². The zero-order valence-corrected chi connectivity index (χ0v) is 10.5.